The molecule has 1 aromatic rings. The van der Waals surface area contributed by atoms with Crippen LogP contribution in [-0.4, -0.2) is 22.9 Å². The summed E-state index contributed by atoms with van der Waals surface area (Å²) in [6, 6.07) is 4.55. The summed E-state index contributed by atoms with van der Waals surface area (Å²) in [6.45, 7) is 4.31. The molecule has 3 atom stereocenters. The minimum absolute atomic E-state index is 0.00498. The van der Waals surface area contributed by atoms with Gasteiger partial charge in [-0.1, -0.05) is 19.4 Å². The number of carbonyl (C=O) groups is 1. The van der Waals surface area contributed by atoms with Gasteiger partial charge in [0.1, 0.15) is 6.17 Å². The molecule has 1 aromatic heterocycles. The summed E-state index contributed by atoms with van der Waals surface area (Å²) in [4.78, 5) is 16.0. The maximum Gasteiger partial charge on any atom is 0.241 e. The van der Waals surface area contributed by atoms with Crippen molar-refractivity contribution in [3.8, 4) is 0 Å². The molecule has 3 nitrogen and oxygen atoms in total. The van der Waals surface area contributed by atoms with E-state index in [1.807, 2.05) is 0 Å². The fourth-order valence-electron chi connectivity index (χ4n) is 3.19. The van der Waals surface area contributed by atoms with Gasteiger partial charge in [-0.05, 0) is 43.6 Å². The Morgan fingerprint density at radius 1 is 1.53 bits per heavy atom. The Bertz CT molecular complexity index is 441. The van der Waals surface area contributed by atoms with E-state index in [1.165, 1.54) is 24.1 Å². The number of nitrogens with one attached hydrogen (secondary N) is 1. The van der Waals surface area contributed by atoms with Crippen LogP contribution in [0.5, 0.6) is 0 Å². The Kier molecular flexibility index (Phi) is 3.63. The molecular formula is C15H22N2OS. The third-order valence-electron chi connectivity index (χ3n) is 4.68. The molecule has 1 N–H and O–H groups in total. The molecular weight excluding hydrogens is 256 g/mol. The molecule has 4 heteroatoms. The first kappa shape index (κ1) is 13.1. The number of hydrogen-bond acceptors (Lipinski definition) is 3. The van der Waals surface area contributed by atoms with Crippen LogP contribution in [-0.2, 0) is 4.79 Å². The third kappa shape index (κ3) is 2.21. The molecule has 1 saturated heterocycles. The third-order valence-corrected chi connectivity index (χ3v) is 5.61. The van der Waals surface area contributed by atoms with Crippen LogP contribution in [0, 0.1) is 5.92 Å². The average molecular weight is 278 g/mol. The molecule has 3 rings (SSSR count). The van der Waals surface area contributed by atoms with Crippen molar-refractivity contribution < 1.29 is 4.79 Å². The minimum atomic E-state index is -0.00498. The fourth-order valence-corrected chi connectivity index (χ4v) is 3.97. The molecule has 1 aliphatic heterocycles. The zero-order valence-corrected chi connectivity index (χ0v) is 12.5. The molecule has 2 fully saturated rings. The van der Waals surface area contributed by atoms with Crippen molar-refractivity contribution in [2.75, 3.05) is 0 Å². The van der Waals surface area contributed by atoms with Crippen LogP contribution in [0.15, 0.2) is 17.5 Å². The molecule has 0 bridgehead atoms. The van der Waals surface area contributed by atoms with Crippen LogP contribution in [0.3, 0.4) is 0 Å². The monoisotopic (exact) mass is 278 g/mol. The second kappa shape index (κ2) is 5.25. The van der Waals surface area contributed by atoms with Gasteiger partial charge in [-0.3, -0.25) is 10.1 Å². The molecule has 1 saturated carbocycles. The van der Waals surface area contributed by atoms with E-state index < -0.39 is 0 Å². The van der Waals surface area contributed by atoms with E-state index >= 15 is 0 Å². The average Bonchev–Trinajstić information content (AvgIpc) is 2.93. The summed E-state index contributed by atoms with van der Waals surface area (Å²) in [5, 5.41) is 5.60. The Hall–Kier alpha value is -0.870. The van der Waals surface area contributed by atoms with Crippen LogP contribution < -0.4 is 5.32 Å². The van der Waals surface area contributed by atoms with Crippen molar-refractivity contribution in [1.82, 2.24) is 10.2 Å². The number of hydrogen-bond donors (Lipinski definition) is 1. The van der Waals surface area contributed by atoms with Crippen molar-refractivity contribution in [2.45, 2.75) is 57.8 Å². The Labute approximate surface area is 119 Å². The van der Waals surface area contributed by atoms with Gasteiger partial charge < -0.3 is 4.90 Å². The highest BCUT2D eigenvalue weighted by atomic mass is 32.1. The summed E-state index contributed by atoms with van der Waals surface area (Å²) in [5.41, 5.74) is 0. The lowest BCUT2D eigenvalue weighted by Crippen LogP contribution is -2.44. The van der Waals surface area contributed by atoms with Crippen LogP contribution >= 0.6 is 11.3 Å². The maximum absolute atomic E-state index is 12.6. The lowest BCUT2D eigenvalue weighted by Gasteiger charge is -2.39. The number of carbonyl (C=O) groups excluding carboxylic acids is 1. The highest BCUT2D eigenvalue weighted by molar-refractivity contribution is 7.10. The Morgan fingerprint density at radius 2 is 2.32 bits per heavy atom. The standard InChI is InChI=1S/C15H22N2OS/c1-3-12-15(18)17(10(2)11-6-4-7-11)14(16-12)13-8-5-9-19-13/h5,8-12,14,16H,3-4,6-7H2,1-2H3. The zero-order valence-electron chi connectivity index (χ0n) is 11.6. The molecule has 2 heterocycles. The number of rotatable bonds is 4. The first-order valence-corrected chi connectivity index (χ1v) is 8.22. The second-order valence-corrected chi connectivity index (χ2v) is 6.70. The van der Waals surface area contributed by atoms with E-state index in [4.69, 9.17) is 0 Å². The van der Waals surface area contributed by atoms with Gasteiger partial charge in [0.05, 0.1) is 6.04 Å². The maximum atomic E-state index is 12.6. The highest BCUT2D eigenvalue weighted by Crippen LogP contribution is 2.38. The lowest BCUT2D eigenvalue weighted by molar-refractivity contribution is -0.133. The SMILES string of the molecule is CCC1NC(c2cccs2)N(C(C)C2CCC2)C1=O. The minimum Gasteiger partial charge on any atom is -0.318 e. The van der Waals surface area contributed by atoms with Gasteiger partial charge >= 0.3 is 0 Å². The van der Waals surface area contributed by atoms with Gasteiger partial charge in [0.15, 0.2) is 0 Å². The van der Waals surface area contributed by atoms with Gasteiger partial charge in [0.2, 0.25) is 5.91 Å². The smallest absolute Gasteiger partial charge is 0.241 e. The van der Waals surface area contributed by atoms with Crippen molar-refractivity contribution in [3.05, 3.63) is 22.4 Å². The fraction of sp³-hybridized carbons (Fsp3) is 0.667. The molecule has 104 valence electrons. The normalized spacial score (nSPS) is 29.6. The Morgan fingerprint density at radius 3 is 2.84 bits per heavy atom. The van der Waals surface area contributed by atoms with Crippen LogP contribution in [0.4, 0.5) is 0 Å². The van der Waals surface area contributed by atoms with Crippen LogP contribution in [0.1, 0.15) is 50.6 Å². The summed E-state index contributed by atoms with van der Waals surface area (Å²) < 4.78 is 0. The van der Waals surface area contributed by atoms with E-state index in [0.29, 0.717) is 17.9 Å². The second-order valence-electron chi connectivity index (χ2n) is 5.72. The summed E-state index contributed by atoms with van der Waals surface area (Å²) in [5.74, 6) is 0.990. The molecule has 0 spiro atoms. The van der Waals surface area contributed by atoms with Gasteiger partial charge in [0, 0.05) is 10.9 Å². The number of nitrogens with zero attached hydrogens (tertiary/aromatic N) is 1. The molecule has 3 unspecified atom stereocenters. The van der Waals surface area contributed by atoms with Crippen molar-refractivity contribution in [3.63, 3.8) is 0 Å². The summed E-state index contributed by atoms with van der Waals surface area (Å²) in [7, 11) is 0. The van der Waals surface area contributed by atoms with E-state index in [-0.39, 0.29) is 12.2 Å². The zero-order chi connectivity index (χ0) is 13.4. The van der Waals surface area contributed by atoms with Crippen LogP contribution in [0.2, 0.25) is 0 Å². The predicted molar refractivity (Wildman–Crippen MR) is 77.9 cm³/mol. The van der Waals surface area contributed by atoms with Crippen molar-refractivity contribution >= 4 is 17.2 Å². The van der Waals surface area contributed by atoms with Gasteiger partial charge in [-0.2, -0.15) is 0 Å². The molecule has 0 aromatic carbocycles. The van der Waals surface area contributed by atoms with E-state index in [0.717, 1.165) is 6.42 Å². The van der Waals surface area contributed by atoms with E-state index in [9.17, 15) is 4.79 Å². The number of amides is 1. The first-order chi connectivity index (χ1) is 9.22. The highest BCUT2D eigenvalue weighted by Gasteiger charge is 2.44. The summed E-state index contributed by atoms with van der Waals surface area (Å²) >= 11 is 1.74. The first-order valence-electron chi connectivity index (χ1n) is 7.34. The van der Waals surface area contributed by atoms with E-state index in [2.05, 4.69) is 41.6 Å². The van der Waals surface area contributed by atoms with Crippen LogP contribution in [0.25, 0.3) is 0 Å². The molecule has 19 heavy (non-hydrogen) atoms. The Balaban J connectivity index is 1.85. The quantitative estimate of drug-likeness (QED) is 0.917. The molecule has 1 aliphatic carbocycles. The van der Waals surface area contributed by atoms with Gasteiger partial charge in [0.25, 0.3) is 0 Å². The van der Waals surface area contributed by atoms with Gasteiger partial charge in [-0.25, -0.2) is 0 Å². The largest absolute Gasteiger partial charge is 0.318 e. The topological polar surface area (TPSA) is 32.3 Å². The van der Waals surface area contributed by atoms with Crippen molar-refractivity contribution in [2.24, 2.45) is 5.92 Å². The molecule has 1 amide bonds. The number of thiophene rings is 1. The lowest BCUT2D eigenvalue weighted by atomic mass is 9.79. The molecule has 2 aliphatic rings. The molecule has 0 radical (unpaired) electrons. The summed E-state index contributed by atoms with van der Waals surface area (Å²) in [6.07, 6.45) is 4.84. The van der Waals surface area contributed by atoms with E-state index in [1.54, 1.807) is 11.3 Å². The van der Waals surface area contributed by atoms with Gasteiger partial charge in [-0.15, -0.1) is 11.3 Å². The van der Waals surface area contributed by atoms with Crippen molar-refractivity contribution in [1.29, 1.82) is 0 Å². The predicted octanol–water partition coefficient (Wildman–Crippen LogP) is 3.15.